The highest BCUT2D eigenvalue weighted by molar-refractivity contribution is 5.40. The molecule has 2 unspecified atom stereocenters. The second-order valence-electron chi connectivity index (χ2n) is 6.48. The van der Waals surface area contributed by atoms with Gasteiger partial charge in [0.2, 0.25) is 0 Å². The van der Waals surface area contributed by atoms with Crippen LogP contribution < -0.4 is 14.8 Å². The molecule has 0 aliphatic heterocycles. The van der Waals surface area contributed by atoms with Crippen LogP contribution in [0.2, 0.25) is 0 Å². The Hall–Kier alpha value is -1.22. The molecule has 0 heterocycles. The lowest BCUT2D eigenvalue weighted by Gasteiger charge is -2.32. The maximum Gasteiger partial charge on any atom is 0.122 e. The lowest BCUT2D eigenvalue weighted by molar-refractivity contribution is 0.293. The van der Waals surface area contributed by atoms with Crippen molar-refractivity contribution in [2.24, 2.45) is 5.92 Å². The van der Waals surface area contributed by atoms with E-state index in [4.69, 9.17) is 9.47 Å². The van der Waals surface area contributed by atoms with E-state index in [1.807, 2.05) is 6.07 Å². The summed E-state index contributed by atoms with van der Waals surface area (Å²) >= 11 is 0. The van der Waals surface area contributed by atoms with Gasteiger partial charge < -0.3 is 14.8 Å². The molecule has 116 valence electrons. The van der Waals surface area contributed by atoms with E-state index in [1.165, 1.54) is 44.1 Å². The van der Waals surface area contributed by atoms with Crippen LogP contribution in [0.25, 0.3) is 0 Å². The minimum atomic E-state index is 0.633. The number of rotatable bonds is 6. The Morgan fingerprint density at radius 2 is 1.62 bits per heavy atom. The quantitative estimate of drug-likeness (QED) is 0.865. The Labute approximate surface area is 128 Å². The fraction of sp³-hybridized carbons (Fsp3) is 0.667. The molecule has 1 N–H and O–H groups in total. The first-order chi connectivity index (χ1) is 10.3. The van der Waals surface area contributed by atoms with Crippen molar-refractivity contribution < 1.29 is 9.47 Å². The third-order valence-corrected chi connectivity index (χ3v) is 4.96. The standard InChI is InChI=1S/C18H27NO2/c1-20-16-9-14(10-17(11-16)21-2)18-6-4-3-5-13(18)12-19-15-7-8-15/h9-11,13,15,18-19H,3-8,12H2,1-2H3. The summed E-state index contributed by atoms with van der Waals surface area (Å²) in [5, 5.41) is 3.72. The zero-order valence-electron chi connectivity index (χ0n) is 13.2. The van der Waals surface area contributed by atoms with Gasteiger partial charge in [-0.05, 0) is 61.8 Å². The second kappa shape index (κ2) is 6.69. The molecule has 2 atom stereocenters. The molecule has 21 heavy (non-hydrogen) atoms. The van der Waals surface area contributed by atoms with Gasteiger partial charge in [0.15, 0.2) is 0 Å². The van der Waals surface area contributed by atoms with Crippen LogP contribution in [0.15, 0.2) is 18.2 Å². The summed E-state index contributed by atoms with van der Waals surface area (Å²) in [6.07, 6.45) is 8.06. The maximum absolute atomic E-state index is 5.44. The van der Waals surface area contributed by atoms with Gasteiger partial charge in [0.25, 0.3) is 0 Å². The smallest absolute Gasteiger partial charge is 0.122 e. The molecule has 0 radical (unpaired) electrons. The minimum Gasteiger partial charge on any atom is -0.497 e. The van der Waals surface area contributed by atoms with Crippen LogP contribution in [0.4, 0.5) is 0 Å². The van der Waals surface area contributed by atoms with Gasteiger partial charge in [0.1, 0.15) is 11.5 Å². The van der Waals surface area contributed by atoms with Gasteiger partial charge in [-0.1, -0.05) is 12.8 Å². The zero-order valence-corrected chi connectivity index (χ0v) is 13.2. The molecule has 3 rings (SSSR count). The van der Waals surface area contributed by atoms with Gasteiger partial charge in [-0.3, -0.25) is 0 Å². The Bertz CT molecular complexity index is 448. The number of hydrogen-bond donors (Lipinski definition) is 1. The van der Waals surface area contributed by atoms with Crippen molar-refractivity contribution in [2.45, 2.75) is 50.5 Å². The third kappa shape index (κ3) is 3.70. The molecule has 0 bridgehead atoms. The molecular weight excluding hydrogens is 262 g/mol. The fourth-order valence-electron chi connectivity index (χ4n) is 3.54. The average Bonchev–Trinajstić information content (AvgIpc) is 3.37. The number of nitrogens with one attached hydrogen (secondary N) is 1. The van der Waals surface area contributed by atoms with Crippen molar-refractivity contribution in [3.8, 4) is 11.5 Å². The van der Waals surface area contributed by atoms with E-state index in [0.29, 0.717) is 5.92 Å². The summed E-state index contributed by atoms with van der Waals surface area (Å²) in [5.41, 5.74) is 1.38. The van der Waals surface area contributed by atoms with Crippen molar-refractivity contribution >= 4 is 0 Å². The Morgan fingerprint density at radius 1 is 0.952 bits per heavy atom. The molecule has 1 aromatic carbocycles. The highest BCUT2D eigenvalue weighted by atomic mass is 16.5. The Morgan fingerprint density at radius 3 is 2.24 bits per heavy atom. The molecule has 3 nitrogen and oxygen atoms in total. The van der Waals surface area contributed by atoms with E-state index < -0.39 is 0 Å². The lowest BCUT2D eigenvalue weighted by Crippen LogP contribution is -2.30. The van der Waals surface area contributed by atoms with Gasteiger partial charge in [-0.2, -0.15) is 0 Å². The summed E-state index contributed by atoms with van der Waals surface area (Å²) in [6, 6.07) is 7.15. The maximum atomic E-state index is 5.44. The summed E-state index contributed by atoms with van der Waals surface area (Å²) in [5.74, 6) is 3.19. The normalized spacial score (nSPS) is 25.6. The first-order valence-corrected chi connectivity index (χ1v) is 8.26. The van der Waals surface area contributed by atoms with Crippen molar-refractivity contribution in [3.63, 3.8) is 0 Å². The Kier molecular flexibility index (Phi) is 4.69. The summed E-state index contributed by atoms with van der Waals surface area (Å²) in [4.78, 5) is 0. The van der Waals surface area contributed by atoms with Crippen LogP contribution in [0.3, 0.4) is 0 Å². The van der Waals surface area contributed by atoms with Crippen LogP contribution in [0.5, 0.6) is 11.5 Å². The molecule has 3 heteroatoms. The lowest BCUT2D eigenvalue weighted by atomic mass is 9.75. The largest absolute Gasteiger partial charge is 0.497 e. The van der Waals surface area contributed by atoms with E-state index in [0.717, 1.165) is 30.0 Å². The zero-order chi connectivity index (χ0) is 14.7. The molecule has 2 aliphatic carbocycles. The van der Waals surface area contributed by atoms with E-state index >= 15 is 0 Å². The van der Waals surface area contributed by atoms with Gasteiger partial charge in [-0.25, -0.2) is 0 Å². The molecule has 2 fully saturated rings. The monoisotopic (exact) mass is 289 g/mol. The molecule has 0 amide bonds. The van der Waals surface area contributed by atoms with Gasteiger partial charge in [-0.15, -0.1) is 0 Å². The van der Waals surface area contributed by atoms with E-state index in [2.05, 4.69) is 17.4 Å². The molecule has 0 spiro atoms. The predicted octanol–water partition coefficient (Wildman–Crippen LogP) is 3.73. The second-order valence-corrected chi connectivity index (χ2v) is 6.48. The molecule has 2 aliphatic rings. The number of hydrogen-bond acceptors (Lipinski definition) is 3. The SMILES string of the molecule is COc1cc(OC)cc(C2CCCCC2CNC2CC2)c1. The van der Waals surface area contributed by atoms with Crippen molar-refractivity contribution in [2.75, 3.05) is 20.8 Å². The van der Waals surface area contributed by atoms with Crippen LogP contribution in [-0.4, -0.2) is 26.8 Å². The van der Waals surface area contributed by atoms with Gasteiger partial charge >= 0.3 is 0 Å². The van der Waals surface area contributed by atoms with Crippen molar-refractivity contribution in [3.05, 3.63) is 23.8 Å². The molecule has 0 aromatic heterocycles. The fourth-order valence-corrected chi connectivity index (χ4v) is 3.54. The average molecular weight is 289 g/mol. The van der Waals surface area contributed by atoms with Crippen LogP contribution in [0.1, 0.15) is 50.0 Å². The number of methoxy groups -OCH3 is 2. The molecule has 1 aromatic rings. The first kappa shape index (κ1) is 14.7. The topological polar surface area (TPSA) is 30.5 Å². The van der Waals surface area contributed by atoms with Gasteiger partial charge in [0.05, 0.1) is 14.2 Å². The summed E-state index contributed by atoms with van der Waals surface area (Å²) in [6.45, 7) is 1.16. The van der Waals surface area contributed by atoms with Crippen LogP contribution in [-0.2, 0) is 0 Å². The highest BCUT2D eigenvalue weighted by Gasteiger charge is 2.29. The number of ether oxygens (including phenoxy) is 2. The molecule has 0 saturated heterocycles. The van der Waals surface area contributed by atoms with Crippen LogP contribution >= 0.6 is 0 Å². The summed E-state index contributed by atoms with van der Waals surface area (Å²) < 4.78 is 10.9. The Balaban J connectivity index is 1.77. The van der Waals surface area contributed by atoms with Crippen molar-refractivity contribution in [1.29, 1.82) is 0 Å². The number of benzene rings is 1. The van der Waals surface area contributed by atoms with Crippen molar-refractivity contribution in [1.82, 2.24) is 5.32 Å². The first-order valence-electron chi connectivity index (χ1n) is 8.26. The third-order valence-electron chi connectivity index (χ3n) is 4.96. The molecule has 2 saturated carbocycles. The minimum absolute atomic E-state index is 0.633. The van der Waals surface area contributed by atoms with Crippen LogP contribution in [0, 0.1) is 5.92 Å². The molecular formula is C18H27NO2. The van der Waals surface area contributed by atoms with Gasteiger partial charge in [0, 0.05) is 12.1 Å². The van der Waals surface area contributed by atoms with E-state index in [1.54, 1.807) is 14.2 Å². The summed E-state index contributed by atoms with van der Waals surface area (Å²) in [7, 11) is 3.46. The van der Waals surface area contributed by atoms with E-state index in [-0.39, 0.29) is 0 Å². The van der Waals surface area contributed by atoms with E-state index in [9.17, 15) is 0 Å². The highest BCUT2D eigenvalue weighted by Crippen LogP contribution is 2.40. The predicted molar refractivity (Wildman–Crippen MR) is 85.3 cm³/mol.